The van der Waals surface area contributed by atoms with Crippen LogP contribution in [-0.2, 0) is 14.3 Å². The van der Waals surface area contributed by atoms with E-state index in [1.165, 1.54) is 11.8 Å². The van der Waals surface area contributed by atoms with Gasteiger partial charge in [0.15, 0.2) is 5.17 Å². The van der Waals surface area contributed by atoms with E-state index in [-0.39, 0.29) is 18.3 Å². The van der Waals surface area contributed by atoms with Crippen molar-refractivity contribution in [1.82, 2.24) is 5.32 Å². The Hall–Kier alpha value is -3.26. The average molecular weight is 496 g/mol. The summed E-state index contributed by atoms with van der Waals surface area (Å²) in [7, 11) is 0. The van der Waals surface area contributed by atoms with E-state index in [1.54, 1.807) is 6.92 Å². The molecule has 2 aromatic carbocycles. The number of amides is 1. The molecule has 0 fully saturated rings. The van der Waals surface area contributed by atoms with Crippen LogP contribution in [0, 0.1) is 0 Å². The first-order chi connectivity index (χ1) is 16.8. The van der Waals surface area contributed by atoms with Crippen molar-refractivity contribution in [2.24, 2.45) is 4.99 Å². The Morgan fingerprint density at radius 1 is 1.09 bits per heavy atom. The van der Waals surface area contributed by atoms with Crippen molar-refractivity contribution in [2.75, 3.05) is 24.3 Å². The molecule has 0 aliphatic carbocycles. The minimum absolute atomic E-state index is 0.128. The maximum absolute atomic E-state index is 12.8. The number of hydrogen-bond acceptors (Lipinski definition) is 7. The van der Waals surface area contributed by atoms with Crippen molar-refractivity contribution in [3.8, 4) is 5.75 Å². The van der Waals surface area contributed by atoms with Crippen LogP contribution in [0.3, 0.4) is 0 Å². The summed E-state index contributed by atoms with van der Waals surface area (Å²) < 4.78 is 11.1. The van der Waals surface area contributed by atoms with Crippen molar-refractivity contribution >= 4 is 34.5 Å². The molecule has 3 rings (SSSR count). The van der Waals surface area contributed by atoms with Gasteiger partial charge < -0.3 is 20.1 Å². The monoisotopic (exact) mass is 495 g/mol. The molecule has 0 bridgehead atoms. The third-order valence-corrected chi connectivity index (χ3v) is 6.31. The molecule has 186 valence electrons. The number of carbonyl (C=O) groups excluding carboxylic acids is 2. The first kappa shape index (κ1) is 26.3. The lowest BCUT2D eigenvalue weighted by Crippen LogP contribution is -2.31. The molecule has 8 heteroatoms. The Kier molecular flexibility index (Phi) is 9.37. The molecule has 1 aliphatic heterocycles. The molecule has 2 N–H and O–H groups in total. The number of thioether (sulfide) groups is 1. The zero-order valence-electron chi connectivity index (χ0n) is 20.9. The number of ether oxygens (including phenoxy) is 2. The standard InChI is InChI=1S/C27H33N3O4S/c1-6-33-22-15-11-9-13-20(22)25-24(26(32)34-7-2)18(5)28-27(30-25)35-16-23(31)29-21-14-10-8-12-19(21)17(3)4/h8-15,17,25H,6-7,16H2,1-5H3,(H,28,30)(H,29,31)/t25-/m0/s1. The van der Waals surface area contributed by atoms with Crippen LogP contribution in [0.4, 0.5) is 5.69 Å². The number of aliphatic imine (C=N–C) groups is 1. The molecule has 0 saturated heterocycles. The predicted octanol–water partition coefficient (Wildman–Crippen LogP) is 5.42. The number of esters is 1. The fraction of sp³-hybridized carbons (Fsp3) is 0.370. The van der Waals surface area contributed by atoms with Gasteiger partial charge in [0.05, 0.1) is 24.5 Å². The molecule has 1 heterocycles. The highest BCUT2D eigenvalue weighted by Crippen LogP contribution is 2.37. The van der Waals surface area contributed by atoms with E-state index in [9.17, 15) is 9.59 Å². The summed E-state index contributed by atoms with van der Waals surface area (Å²) in [6, 6.07) is 14.7. The van der Waals surface area contributed by atoms with Gasteiger partial charge in [-0.1, -0.05) is 62.0 Å². The lowest BCUT2D eigenvalue weighted by molar-refractivity contribution is -0.139. The van der Waals surface area contributed by atoms with Gasteiger partial charge in [0.2, 0.25) is 5.91 Å². The van der Waals surface area contributed by atoms with Gasteiger partial charge in [-0.3, -0.25) is 4.79 Å². The van der Waals surface area contributed by atoms with Crippen LogP contribution in [0.2, 0.25) is 0 Å². The number of anilines is 1. The van der Waals surface area contributed by atoms with Crippen molar-refractivity contribution in [3.63, 3.8) is 0 Å². The maximum Gasteiger partial charge on any atom is 0.338 e. The van der Waals surface area contributed by atoms with Gasteiger partial charge in [-0.05, 0) is 44.4 Å². The van der Waals surface area contributed by atoms with Gasteiger partial charge in [0.1, 0.15) is 11.8 Å². The highest BCUT2D eigenvalue weighted by Gasteiger charge is 2.32. The fourth-order valence-corrected chi connectivity index (χ4v) is 4.59. The quantitative estimate of drug-likeness (QED) is 0.452. The van der Waals surface area contributed by atoms with Gasteiger partial charge >= 0.3 is 5.97 Å². The summed E-state index contributed by atoms with van der Waals surface area (Å²) in [6.45, 7) is 10.4. The summed E-state index contributed by atoms with van der Waals surface area (Å²) in [5, 5.41) is 6.74. The van der Waals surface area contributed by atoms with Gasteiger partial charge in [-0.25, -0.2) is 9.79 Å². The Labute approximate surface area is 211 Å². The minimum atomic E-state index is -0.606. The van der Waals surface area contributed by atoms with Crippen molar-refractivity contribution in [3.05, 3.63) is 70.9 Å². The minimum Gasteiger partial charge on any atom is -0.494 e. The summed E-state index contributed by atoms with van der Waals surface area (Å²) in [4.78, 5) is 30.4. The number of benzene rings is 2. The van der Waals surface area contributed by atoms with Crippen LogP contribution in [0.25, 0.3) is 0 Å². The summed E-state index contributed by atoms with van der Waals surface area (Å²) in [6.07, 6.45) is 0. The molecule has 0 unspecified atom stereocenters. The molecular weight excluding hydrogens is 462 g/mol. The zero-order chi connectivity index (χ0) is 25.4. The average Bonchev–Trinajstić information content (AvgIpc) is 2.83. The van der Waals surface area contributed by atoms with E-state index in [2.05, 4.69) is 24.5 Å². The van der Waals surface area contributed by atoms with E-state index >= 15 is 0 Å². The molecule has 0 aromatic heterocycles. The zero-order valence-corrected chi connectivity index (χ0v) is 21.7. The van der Waals surface area contributed by atoms with E-state index in [1.807, 2.05) is 62.4 Å². The molecule has 7 nitrogen and oxygen atoms in total. The van der Waals surface area contributed by atoms with E-state index in [0.717, 1.165) is 16.8 Å². The summed E-state index contributed by atoms with van der Waals surface area (Å²) in [5.41, 5.74) is 3.74. The van der Waals surface area contributed by atoms with Gasteiger partial charge in [0.25, 0.3) is 0 Å². The molecule has 0 radical (unpaired) electrons. The topological polar surface area (TPSA) is 89.0 Å². The molecule has 35 heavy (non-hydrogen) atoms. The van der Waals surface area contributed by atoms with Crippen molar-refractivity contribution in [1.29, 1.82) is 0 Å². The number of nitrogens with zero attached hydrogens (tertiary/aromatic N) is 1. The van der Waals surface area contributed by atoms with Gasteiger partial charge in [-0.2, -0.15) is 0 Å². The number of amidine groups is 1. The Morgan fingerprint density at radius 3 is 2.51 bits per heavy atom. The summed E-state index contributed by atoms with van der Waals surface area (Å²) in [5.74, 6) is 0.567. The van der Waals surface area contributed by atoms with Gasteiger partial charge in [0, 0.05) is 16.9 Å². The highest BCUT2D eigenvalue weighted by atomic mass is 32.2. The van der Waals surface area contributed by atoms with Crippen LogP contribution in [0.1, 0.15) is 57.7 Å². The molecule has 0 spiro atoms. The molecule has 1 amide bonds. The first-order valence-corrected chi connectivity index (χ1v) is 12.8. The summed E-state index contributed by atoms with van der Waals surface area (Å²) >= 11 is 1.29. The first-order valence-electron chi connectivity index (χ1n) is 11.8. The van der Waals surface area contributed by atoms with E-state index in [4.69, 9.17) is 14.5 Å². The molecular formula is C27H33N3O4S. The second kappa shape index (κ2) is 12.4. The second-order valence-corrected chi connectivity index (χ2v) is 9.23. The van der Waals surface area contributed by atoms with E-state index in [0.29, 0.717) is 34.7 Å². The number of para-hydroxylation sites is 2. The van der Waals surface area contributed by atoms with Crippen LogP contribution >= 0.6 is 11.8 Å². The lowest BCUT2D eigenvalue weighted by Gasteiger charge is -2.26. The van der Waals surface area contributed by atoms with Gasteiger partial charge in [-0.15, -0.1) is 0 Å². The predicted molar refractivity (Wildman–Crippen MR) is 142 cm³/mol. The fourth-order valence-electron chi connectivity index (χ4n) is 3.85. The smallest absolute Gasteiger partial charge is 0.338 e. The number of hydrogen-bond donors (Lipinski definition) is 2. The molecule has 2 aromatic rings. The van der Waals surface area contributed by atoms with Crippen molar-refractivity contribution < 1.29 is 19.1 Å². The van der Waals surface area contributed by atoms with Crippen LogP contribution in [0.15, 0.2) is 64.8 Å². The Balaban J connectivity index is 1.83. The third kappa shape index (κ3) is 6.66. The molecule has 1 aliphatic rings. The third-order valence-electron chi connectivity index (χ3n) is 5.42. The number of carbonyl (C=O) groups is 2. The molecule has 1 atom stereocenters. The lowest BCUT2D eigenvalue weighted by atomic mass is 9.96. The highest BCUT2D eigenvalue weighted by molar-refractivity contribution is 8.14. The van der Waals surface area contributed by atoms with E-state index < -0.39 is 12.0 Å². The number of nitrogens with one attached hydrogen (secondary N) is 2. The van der Waals surface area contributed by atoms with Crippen LogP contribution in [0.5, 0.6) is 5.75 Å². The Morgan fingerprint density at radius 2 is 1.80 bits per heavy atom. The molecule has 0 saturated carbocycles. The SMILES string of the molecule is CCOC(=O)C1=C(C)NC(SCC(=O)Nc2ccccc2C(C)C)=N[C@H]1c1ccccc1OCC. The Bertz CT molecular complexity index is 1130. The van der Waals surface area contributed by atoms with Crippen LogP contribution < -0.4 is 15.4 Å². The number of rotatable bonds is 9. The van der Waals surface area contributed by atoms with Crippen LogP contribution in [-0.4, -0.2) is 36.0 Å². The largest absolute Gasteiger partial charge is 0.494 e. The number of allylic oxidation sites excluding steroid dienone is 1. The van der Waals surface area contributed by atoms with Crippen molar-refractivity contribution in [2.45, 2.75) is 46.6 Å². The second-order valence-electron chi connectivity index (χ2n) is 8.27. The maximum atomic E-state index is 12.8. The normalized spacial score (nSPS) is 15.4.